The molecule has 0 N–H and O–H groups in total. The Morgan fingerprint density at radius 2 is 1.59 bits per heavy atom. The molecular weight excluding hydrogens is 396 g/mol. The van der Waals surface area contributed by atoms with Gasteiger partial charge in [-0.25, -0.2) is 14.6 Å². The van der Waals surface area contributed by atoms with E-state index >= 15 is 0 Å². The molecule has 2 aromatic carbocycles. The summed E-state index contributed by atoms with van der Waals surface area (Å²) in [5.74, 6) is 0.753. The van der Waals surface area contributed by atoms with Gasteiger partial charge in [-0.05, 0) is 42.9 Å². The van der Waals surface area contributed by atoms with Crippen molar-refractivity contribution < 1.29 is 4.74 Å². The number of hydrogen-bond acceptors (Lipinski definition) is 4. The van der Waals surface area contributed by atoms with E-state index in [1.54, 1.807) is 0 Å². The predicted molar refractivity (Wildman–Crippen MR) is 129 cm³/mol. The first-order valence-electron chi connectivity index (χ1n) is 11.2. The van der Waals surface area contributed by atoms with Crippen LogP contribution >= 0.6 is 0 Å². The first-order valence-corrected chi connectivity index (χ1v) is 11.2. The van der Waals surface area contributed by atoms with Crippen LogP contribution in [0, 0.1) is 13.8 Å². The van der Waals surface area contributed by atoms with Crippen molar-refractivity contribution in [3.63, 3.8) is 0 Å². The third-order valence-corrected chi connectivity index (χ3v) is 5.89. The van der Waals surface area contributed by atoms with Crippen LogP contribution in [0.4, 0.5) is 0 Å². The molecule has 0 saturated heterocycles. The van der Waals surface area contributed by atoms with Crippen LogP contribution < -0.4 is 0 Å². The van der Waals surface area contributed by atoms with Crippen LogP contribution in [0.1, 0.15) is 67.6 Å². The van der Waals surface area contributed by atoms with Crippen LogP contribution in [0.15, 0.2) is 54.6 Å². The van der Waals surface area contributed by atoms with Crippen molar-refractivity contribution in [1.82, 2.24) is 19.7 Å². The average molecular weight is 429 g/mol. The van der Waals surface area contributed by atoms with Gasteiger partial charge in [-0.3, -0.25) is 0 Å². The summed E-state index contributed by atoms with van der Waals surface area (Å²) in [5, 5.41) is 5.95. The first kappa shape index (κ1) is 22.2. The second kappa shape index (κ2) is 8.83. The molecule has 0 spiro atoms. The molecule has 5 nitrogen and oxygen atoms in total. The van der Waals surface area contributed by atoms with Crippen LogP contribution in [0.5, 0.6) is 0 Å². The molecule has 4 rings (SSSR count). The second-order valence-electron chi connectivity index (χ2n) is 9.47. The minimum absolute atomic E-state index is 0.0445. The summed E-state index contributed by atoms with van der Waals surface area (Å²) < 4.78 is 8.04. The molecule has 0 saturated carbocycles. The Hall–Kier alpha value is -3.05. The summed E-state index contributed by atoms with van der Waals surface area (Å²) in [6, 6.07) is 19.1. The van der Waals surface area contributed by atoms with E-state index in [1.165, 1.54) is 11.1 Å². The highest BCUT2D eigenvalue weighted by Gasteiger charge is 2.21. The lowest BCUT2D eigenvalue weighted by Gasteiger charge is -2.20. The molecule has 0 aliphatic heterocycles. The molecule has 2 heterocycles. The van der Waals surface area contributed by atoms with Crippen LogP contribution in [0.25, 0.3) is 11.0 Å². The zero-order valence-corrected chi connectivity index (χ0v) is 19.9. The van der Waals surface area contributed by atoms with Crippen LogP contribution in [-0.4, -0.2) is 19.7 Å². The minimum atomic E-state index is 0.0445. The molecule has 0 aliphatic carbocycles. The largest absolute Gasteiger partial charge is 0.370 e. The summed E-state index contributed by atoms with van der Waals surface area (Å²) in [5.41, 5.74) is 6.48. The Morgan fingerprint density at radius 1 is 0.906 bits per heavy atom. The summed E-state index contributed by atoms with van der Waals surface area (Å²) in [6.07, 6.45) is 0. The van der Waals surface area contributed by atoms with E-state index in [2.05, 4.69) is 69.1 Å². The maximum atomic E-state index is 6.02. The molecule has 4 aromatic rings. The highest BCUT2D eigenvalue weighted by Crippen LogP contribution is 2.29. The lowest BCUT2D eigenvalue weighted by molar-refractivity contribution is 0.105. The summed E-state index contributed by atoms with van der Waals surface area (Å²) >= 11 is 0. The Balaban J connectivity index is 1.66. The molecule has 0 fully saturated rings. The molecular formula is C27H32N4O. The first-order chi connectivity index (χ1) is 15.2. The average Bonchev–Trinajstić information content (AvgIpc) is 3.12. The number of benzene rings is 2. The number of ether oxygens (including phenoxy) is 1. The summed E-state index contributed by atoms with van der Waals surface area (Å²) in [6.45, 7) is 13.8. The molecule has 166 valence electrons. The number of fused-ring (bicyclic) bond motifs is 1. The molecule has 1 atom stereocenters. The van der Waals surface area contributed by atoms with Crippen LogP contribution in [-0.2, 0) is 23.4 Å². The van der Waals surface area contributed by atoms with E-state index in [4.69, 9.17) is 14.8 Å². The van der Waals surface area contributed by atoms with E-state index in [0.29, 0.717) is 13.2 Å². The van der Waals surface area contributed by atoms with Crippen molar-refractivity contribution in [3.8, 4) is 0 Å². The zero-order valence-electron chi connectivity index (χ0n) is 19.9. The molecule has 32 heavy (non-hydrogen) atoms. The van der Waals surface area contributed by atoms with Gasteiger partial charge in [0.15, 0.2) is 5.65 Å². The Labute approximate surface area is 190 Å². The second-order valence-corrected chi connectivity index (χ2v) is 9.47. The molecule has 0 radical (unpaired) electrons. The van der Waals surface area contributed by atoms with Crippen molar-refractivity contribution in [2.75, 3.05) is 0 Å². The van der Waals surface area contributed by atoms with Crippen molar-refractivity contribution in [2.24, 2.45) is 0 Å². The number of rotatable bonds is 6. The highest BCUT2D eigenvalue weighted by atomic mass is 16.5. The normalized spacial score (nSPS) is 12.9. The van der Waals surface area contributed by atoms with Crippen molar-refractivity contribution in [3.05, 3.63) is 88.5 Å². The van der Waals surface area contributed by atoms with Gasteiger partial charge in [0, 0.05) is 0 Å². The van der Waals surface area contributed by atoms with Crippen molar-refractivity contribution in [1.29, 1.82) is 0 Å². The van der Waals surface area contributed by atoms with Gasteiger partial charge in [0.25, 0.3) is 0 Å². The highest BCUT2D eigenvalue weighted by molar-refractivity contribution is 5.81. The van der Waals surface area contributed by atoms with Gasteiger partial charge in [0.05, 0.1) is 36.0 Å². The lowest BCUT2D eigenvalue weighted by atomic mass is 9.86. The van der Waals surface area contributed by atoms with Gasteiger partial charge in [0.1, 0.15) is 5.82 Å². The maximum Gasteiger partial charge on any atom is 0.162 e. The predicted octanol–water partition coefficient (Wildman–Crippen LogP) is 6.07. The molecule has 1 unspecified atom stereocenters. The lowest BCUT2D eigenvalue weighted by Crippen LogP contribution is -2.13. The third-order valence-electron chi connectivity index (χ3n) is 5.89. The number of aryl methyl sites for hydroxylation is 2. The van der Waals surface area contributed by atoms with Crippen LogP contribution in [0.2, 0.25) is 0 Å². The van der Waals surface area contributed by atoms with Crippen molar-refractivity contribution in [2.45, 2.75) is 66.2 Å². The van der Waals surface area contributed by atoms with E-state index in [-0.39, 0.29) is 11.5 Å². The number of aromatic nitrogens is 4. The van der Waals surface area contributed by atoms with Gasteiger partial charge in [-0.2, -0.15) is 5.10 Å². The fourth-order valence-corrected chi connectivity index (χ4v) is 4.04. The quantitative estimate of drug-likeness (QED) is 0.374. The fourth-order valence-electron chi connectivity index (χ4n) is 4.04. The Bertz CT molecular complexity index is 1200. The number of nitrogens with zero attached hydrogens (tertiary/aromatic N) is 4. The molecule has 0 amide bonds. The minimum Gasteiger partial charge on any atom is -0.370 e. The monoisotopic (exact) mass is 428 g/mol. The molecule has 0 bridgehead atoms. The van der Waals surface area contributed by atoms with E-state index in [1.807, 2.05) is 36.7 Å². The topological polar surface area (TPSA) is 52.8 Å². The maximum absolute atomic E-state index is 6.02. The van der Waals surface area contributed by atoms with Gasteiger partial charge >= 0.3 is 0 Å². The van der Waals surface area contributed by atoms with E-state index in [9.17, 15) is 0 Å². The van der Waals surface area contributed by atoms with Crippen molar-refractivity contribution >= 4 is 11.0 Å². The number of hydrogen-bond donors (Lipinski definition) is 0. The molecule has 0 aliphatic rings. The van der Waals surface area contributed by atoms with Crippen LogP contribution in [0.3, 0.4) is 0 Å². The molecule has 5 heteroatoms. The fraction of sp³-hybridized carbons (Fsp3) is 0.370. The van der Waals surface area contributed by atoms with Gasteiger partial charge < -0.3 is 4.74 Å². The zero-order chi connectivity index (χ0) is 22.9. The summed E-state index contributed by atoms with van der Waals surface area (Å²) in [4.78, 5) is 9.35. The third kappa shape index (κ3) is 4.58. The van der Waals surface area contributed by atoms with Gasteiger partial charge in [-0.1, -0.05) is 75.4 Å². The SMILES string of the molecule is Cc1nc(C)c2c(COCc3ccccc3)nn(C(C)c3ccc(C(C)(C)C)cc3)c2n1. The molecule has 2 aromatic heterocycles. The van der Waals surface area contributed by atoms with E-state index in [0.717, 1.165) is 33.8 Å². The van der Waals surface area contributed by atoms with Gasteiger partial charge in [0.2, 0.25) is 0 Å². The summed E-state index contributed by atoms with van der Waals surface area (Å²) in [7, 11) is 0. The smallest absolute Gasteiger partial charge is 0.162 e. The Kier molecular flexibility index (Phi) is 6.11. The standard InChI is InChI=1S/C27H32N4O/c1-18-25-24(17-32-16-21-10-8-7-9-11-21)30-31(26(25)29-20(3)28-18)19(2)22-12-14-23(15-13-22)27(4,5)6/h7-15,19H,16-17H2,1-6H3. The van der Waals surface area contributed by atoms with Gasteiger partial charge in [-0.15, -0.1) is 0 Å². The van der Waals surface area contributed by atoms with E-state index < -0.39 is 0 Å². The Morgan fingerprint density at radius 3 is 2.25 bits per heavy atom.